The molecule has 4 bridgehead atoms. The van der Waals surface area contributed by atoms with Crippen LogP contribution in [0.15, 0.2) is 54.7 Å². The molecule has 4 aliphatic carbocycles. The van der Waals surface area contributed by atoms with Crippen LogP contribution in [0.4, 0.5) is 4.39 Å². The number of ketones is 1. The van der Waals surface area contributed by atoms with Crippen molar-refractivity contribution >= 4 is 11.9 Å². The highest BCUT2D eigenvalue weighted by molar-refractivity contribution is 5.93. The minimum absolute atomic E-state index is 0.122. The molecule has 5 heteroatoms. The van der Waals surface area contributed by atoms with Gasteiger partial charge in [0.15, 0.2) is 11.2 Å². The first kappa shape index (κ1) is 21.8. The Morgan fingerprint density at radius 3 is 2.08 bits per heavy atom. The van der Waals surface area contributed by atoms with E-state index in [1.807, 2.05) is 41.4 Å². The number of nitriles is 2. The molecule has 180 valence electrons. The summed E-state index contributed by atoms with van der Waals surface area (Å²) in [6.07, 6.45) is 10.2. The van der Waals surface area contributed by atoms with Crippen LogP contribution in [0.3, 0.4) is 0 Å². The van der Waals surface area contributed by atoms with Crippen molar-refractivity contribution in [3.05, 3.63) is 77.2 Å². The van der Waals surface area contributed by atoms with Gasteiger partial charge in [-0.15, -0.1) is 0 Å². The number of fused-ring (bicyclic) bond motifs is 3. The average Bonchev–Trinajstić information content (AvgIpc) is 3.18. The van der Waals surface area contributed by atoms with Gasteiger partial charge in [-0.05, 0) is 85.1 Å². The van der Waals surface area contributed by atoms with E-state index in [0.29, 0.717) is 23.3 Å². The van der Waals surface area contributed by atoms with Crippen LogP contribution in [0.25, 0.3) is 6.08 Å². The van der Waals surface area contributed by atoms with Crippen molar-refractivity contribution in [2.75, 3.05) is 0 Å². The summed E-state index contributed by atoms with van der Waals surface area (Å²) in [6.45, 7) is 0. The molecule has 0 unspecified atom stereocenters. The number of halogens is 1. The van der Waals surface area contributed by atoms with Crippen molar-refractivity contribution in [3.63, 3.8) is 0 Å². The third kappa shape index (κ3) is 2.75. The van der Waals surface area contributed by atoms with Gasteiger partial charge in [0.05, 0.1) is 24.2 Å². The van der Waals surface area contributed by atoms with E-state index in [2.05, 4.69) is 12.1 Å². The summed E-state index contributed by atoms with van der Waals surface area (Å²) in [5.41, 5.74) is 0.0447. The summed E-state index contributed by atoms with van der Waals surface area (Å²) < 4.78 is 15.5. The molecule has 1 saturated heterocycles. The lowest BCUT2D eigenvalue weighted by Crippen LogP contribution is -2.55. The maximum absolute atomic E-state index is 15.5. The summed E-state index contributed by atoms with van der Waals surface area (Å²) >= 11 is 0. The van der Waals surface area contributed by atoms with E-state index >= 15 is 4.39 Å². The fraction of sp³-hybridized carbons (Fsp3) is 0.452. The standard InChI is InChI=1S/C31H28FN3O/c32-25-8-4-3-7-24(25)26-27(29(36)30-14-19-11-20(15-30)13-21(12-19)16-30)35-10-9-22-5-1-2-6-23(22)28(35)31(26,17-33)18-34/h1-10,19-21,26-28H,11-16H2/t19?,20?,21?,26-,27+,28-,30?/m1/s1. The van der Waals surface area contributed by atoms with Gasteiger partial charge in [0.25, 0.3) is 0 Å². The molecule has 0 radical (unpaired) electrons. The highest BCUT2D eigenvalue weighted by atomic mass is 19.1. The maximum atomic E-state index is 15.5. The second kappa shape index (κ2) is 7.53. The molecule has 4 saturated carbocycles. The van der Waals surface area contributed by atoms with E-state index < -0.39 is 34.6 Å². The van der Waals surface area contributed by atoms with E-state index in [1.165, 1.54) is 25.3 Å². The Kier molecular flexibility index (Phi) is 4.56. The van der Waals surface area contributed by atoms with Crippen molar-refractivity contribution in [2.45, 2.75) is 56.5 Å². The SMILES string of the molecule is N#CC1(C#N)[C@H](c2ccccc2F)[C@@H](C(=O)C23CC4CC(CC(C4)C2)C3)N2C=Cc3ccccc3[C@@H]21. The monoisotopic (exact) mass is 477 g/mol. The molecular weight excluding hydrogens is 449 g/mol. The first-order valence-corrected chi connectivity index (χ1v) is 13.2. The molecule has 0 amide bonds. The van der Waals surface area contributed by atoms with Gasteiger partial charge in [-0.2, -0.15) is 10.5 Å². The van der Waals surface area contributed by atoms with Crippen molar-refractivity contribution in [1.82, 2.24) is 4.90 Å². The molecule has 2 aliphatic heterocycles. The third-order valence-corrected chi connectivity index (χ3v) is 10.0. The molecule has 0 spiro atoms. The molecule has 2 aromatic rings. The van der Waals surface area contributed by atoms with Gasteiger partial charge >= 0.3 is 0 Å². The minimum atomic E-state index is -1.61. The lowest BCUT2D eigenvalue weighted by Gasteiger charge is -2.57. The molecule has 2 aromatic carbocycles. The summed E-state index contributed by atoms with van der Waals surface area (Å²) in [6, 6.07) is 17.4. The number of carbonyl (C=O) groups excluding carboxylic acids is 1. The van der Waals surface area contributed by atoms with Crippen molar-refractivity contribution < 1.29 is 9.18 Å². The van der Waals surface area contributed by atoms with Crippen LogP contribution in [0.2, 0.25) is 0 Å². The summed E-state index contributed by atoms with van der Waals surface area (Å²) in [4.78, 5) is 16.8. The Morgan fingerprint density at radius 2 is 1.47 bits per heavy atom. The number of carbonyl (C=O) groups is 1. The topological polar surface area (TPSA) is 67.9 Å². The molecule has 36 heavy (non-hydrogen) atoms. The largest absolute Gasteiger partial charge is 0.357 e. The molecule has 8 rings (SSSR count). The van der Waals surface area contributed by atoms with Gasteiger partial charge in [-0.3, -0.25) is 4.79 Å². The molecule has 6 aliphatic rings. The van der Waals surface area contributed by atoms with Crippen LogP contribution in [0.1, 0.15) is 67.2 Å². The van der Waals surface area contributed by atoms with E-state index in [4.69, 9.17) is 0 Å². The van der Waals surface area contributed by atoms with Gasteiger partial charge in [-0.1, -0.05) is 42.5 Å². The van der Waals surface area contributed by atoms with Gasteiger partial charge in [0, 0.05) is 17.5 Å². The maximum Gasteiger partial charge on any atom is 0.177 e. The number of benzene rings is 2. The van der Waals surface area contributed by atoms with Gasteiger partial charge < -0.3 is 4.90 Å². The van der Waals surface area contributed by atoms with Gasteiger partial charge in [0.2, 0.25) is 0 Å². The number of Topliss-reactive ketones (excluding diaryl/α,β-unsaturated/α-hetero) is 1. The molecule has 5 fully saturated rings. The molecule has 0 N–H and O–H groups in total. The molecule has 0 aromatic heterocycles. The number of hydrogen-bond donors (Lipinski definition) is 0. The number of hydrogen-bond acceptors (Lipinski definition) is 4. The number of nitrogens with zero attached hydrogens (tertiary/aromatic N) is 3. The molecule has 2 heterocycles. The lowest BCUT2D eigenvalue weighted by atomic mass is 9.47. The van der Waals surface area contributed by atoms with Crippen LogP contribution in [-0.4, -0.2) is 16.7 Å². The predicted molar refractivity (Wildman–Crippen MR) is 132 cm³/mol. The van der Waals surface area contributed by atoms with Crippen LogP contribution in [0, 0.1) is 57.1 Å². The Bertz CT molecular complexity index is 1330. The number of rotatable bonds is 3. The minimum Gasteiger partial charge on any atom is -0.357 e. The molecule has 3 atom stereocenters. The zero-order valence-corrected chi connectivity index (χ0v) is 20.1. The van der Waals surface area contributed by atoms with Crippen LogP contribution in [-0.2, 0) is 4.79 Å². The second-order valence-electron chi connectivity index (χ2n) is 11.9. The first-order valence-electron chi connectivity index (χ1n) is 13.2. The van der Waals surface area contributed by atoms with Crippen LogP contribution >= 0.6 is 0 Å². The van der Waals surface area contributed by atoms with E-state index in [-0.39, 0.29) is 5.78 Å². The van der Waals surface area contributed by atoms with Crippen LogP contribution < -0.4 is 0 Å². The average molecular weight is 478 g/mol. The summed E-state index contributed by atoms with van der Waals surface area (Å²) in [5, 5.41) is 21.4. The fourth-order valence-corrected chi connectivity index (χ4v) is 9.09. The third-order valence-electron chi connectivity index (χ3n) is 10.0. The quantitative estimate of drug-likeness (QED) is 0.533. The zero-order valence-electron chi connectivity index (χ0n) is 20.1. The van der Waals surface area contributed by atoms with Crippen LogP contribution in [0.5, 0.6) is 0 Å². The summed E-state index contributed by atoms with van der Waals surface area (Å²) in [7, 11) is 0. The Hall–Kier alpha value is -3.44. The van der Waals surface area contributed by atoms with E-state index in [9.17, 15) is 15.3 Å². The smallest absolute Gasteiger partial charge is 0.177 e. The Morgan fingerprint density at radius 1 is 0.889 bits per heavy atom. The summed E-state index contributed by atoms with van der Waals surface area (Å²) in [5.74, 6) is 0.528. The second-order valence-corrected chi connectivity index (χ2v) is 11.9. The zero-order chi connectivity index (χ0) is 24.7. The van der Waals surface area contributed by atoms with Gasteiger partial charge in [0.1, 0.15) is 5.82 Å². The Labute approximate surface area is 211 Å². The predicted octanol–water partition coefficient (Wildman–Crippen LogP) is 6.14. The van der Waals surface area contributed by atoms with Crippen molar-refractivity contribution in [2.24, 2.45) is 28.6 Å². The molecule has 4 nitrogen and oxygen atoms in total. The normalized spacial score (nSPS) is 36.6. The van der Waals surface area contributed by atoms with Crippen molar-refractivity contribution in [1.29, 1.82) is 10.5 Å². The molecular formula is C31H28FN3O. The van der Waals surface area contributed by atoms with Gasteiger partial charge in [-0.25, -0.2) is 4.39 Å². The van der Waals surface area contributed by atoms with E-state index in [0.717, 1.165) is 30.4 Å². The van der Waals surface area contributed by atoms with Crippen molar-refractivity contribution in [3.8, 4) is 12.1 Å². The first-order chi connectivity index (χ1) is 17.5. The Balaban J connectivity index is 1.44. The highest BCUT2D eigenvalue weighted by Gasteiger charge is 2.67. The lowest BCUT2D eigenvalue weighted by molar-refractivity contribution is -0.148. The highest BCUT2D eigenvalue weighted by Crippen LogP contribution is 2.65. The fourth-order valence-electron chi connectivity index (χ4n) is 9.09. The van der Waals surface area contributed by atoms with E-state index in [1.54, 1.807) is 18.2 Å².